The van der Waals surface area contributed by atoms with E-state index >= 15 is 0 Å². The monoisotopic (exact) mass is 254 g/mol. The molecule has 1 aromatic rings. The van der Waals surface area contributed by atoms with Crippen LogP contribution in [-0.2, 0) is 15.6 Å². The molecule has 0 fully saturated rings. The van der Waals surface area contributed by atoms with Crippen LogP contribution >= 0.6 is 0 Å². The first-order valence-corrected chi connectivity index (χ1v) is 6.87. The fourth-order valence-electron chi connectivity index (χ4n) is 1.46. The maximum atomic E-state index is 11.9. The molecule has 0 aliphatic rings. The zero-order valence-corrected chi connectivity index (χ0v) is 11.0. The molecule has 4 nitrogen and oxygen atoms in total. The van der Waals surface area contributed by atoms with Crippen molar-refractivity contribution >= 4 is 22.4 Å². The average Bonchev–Trinajstić information content (AvgIpc) is 2.26. The first-order chi connectivity index (χ1) is 8.04. The van der Waals surface area contributed by atoms with Gasteiger partial charge in [0.2, 0.25) is 5.91 Å². The molecule has 3 N–H and O–H groups in total. The van der Waals surface area contributed by atoms with E-state index in [1.165, 1.54) is 0 Å². The molecule has 0 radical (unpaired) electrons. The number of nitrogens with two attached hydrogens (primary N) is 1. The topological polar surface area (TPSA) is 72.2 Å². The van der Waals surface area contributed by atoms with Crippen molar-refractivity contribution in [2.45, 2.75) is 25.2 Å². The number of hydrogen-bond donors (Lipinski definition) is 2. The minimum atomic E-state index is -1.21. The summed E-state index contributed by atoms with van der Waals surface area (Å²) in [5.74, 6) is 0.227. The first-order valence-electron chi connectivity index (χ1n) is 5.55. The normalized spacial score (nSPS) is 12.1. The van der Waals surface area contributed by atoms with Crippen molar-refractivity contribution in [3.63, 3.8) is 0 Å². The van der Waals surface area contributed by atoms with E-state index in [4.69, 9.17) is 5.73 Å². The van der Waals surface area contributed by atoms with Crippen LogP contribution in [0.4, 0.5) is 5.69 Å². The lowest BCUT2D eigenvalue weighted by Gasteiger charge is -2.06. The van der Waals surface area contributed by atoms with Crippen LogP contribution in [0.5, 0.6) is 0 Å². The Hall–Kier alpha value is -1.36. The second-order valence-corrected chi connectivity index (χ2v) is 5.33. The number of hydrogen-bond acceptors (Lipinski definition) is 3. The van der Waals surface area contributed by atoms with E-state index in [0.717, 1.165) is 5.56 Å². The minimum absolute atomic E-state index is 0.0773. The van der Waals surface area contributed by atoms with E-state index in [1.54, 1.807) is 12.1 Å². The molecular weight excluding hydrogens is 236 g/mol. The fraction of sp³-hybridized carbons (Fsp3) is 0.417. The van der Waals surface area contributed by atoms with E-state index in [1.807, 2.05) is 19.9 Å². The first kappa shape index (κ1) is 13.7. The number of nitrogens with one attached hydrogen (secondary N) is 1. The van der Waals surface area contributed by atoms with Crippen molar-refractivity contribution in [2.24, 2.45) is 0 Å². The van der Waals surface area contributed by atoms with Crippen molar-refractivity contribution in [2.75, 3.05) is 18.0 Å². The molecule has 1 amide bonds. The van der Waals surface area contributed by atoms with Crippen LogP contribution in [0.25, 0.3) is 0 Å². The highest BCUT2D eigenvalue weighted by atomic mass is 32.2. The summed E-state index contributed by atoms with van der Waals surface area (Å²) in [6.07, 6.45) is 0.258. The van der Waals surface area contributed by atoms with E-state index in [0.29, 0.717) is 22.9 Å². The molecule has 94 valence electrons. The van der Waals surface area contributed by atoms with Gasteiger partial charge in [-0.25, -0.2) is 0 Å². The third-order valence-corrected chi connectivity index (χ3v) is 3.74. The molecule has 0 saturated carbocycles. The van der Waals surface area contributed by atoms with Crippen molar-refractivity contribution in [3.8, 4) is 0 Å². The standard InChI is InChI=1S/C12H18N2O2S/c1-3-14-12(15)6-7-17(16)11-5-4-9(2)8-10(11)13/h4-5,8H,3,6-7,13H2,1-2H3,(H,14,15). The van der Waals surface area contributed by atoms with Crippen molar-refractivity contribution in [1.82, 2.24) is 5.32 Å². The Morgan fingerprint density at radius 1 is 1.47 bits per heavy atom. The average molecular weight is 254 g/mol. The van der Waals surface area contributed by atoms with Crippen LogP contribution in [-0.4, -0.2) is 22.4 Å². The lowest BCUT2D eigenvalue weighted by atomic mass is 10.2. The maximum absolute atomic E-state index is 11.9. The zero-order chi connectivity index (χ0) is 12.8. The number of rotatable bonds is 5. The summed E-state index contributed by atoms with van der Waals surface area (Å²) in [4.78, 5) is 11.9. The number of nitrogen functional groups attached to an aromatic ring is 1. The molecule has 1 aromatic carbocycles. The summed E-state index contributed by atoms with van der Waals surface area (Å²) in [6, 6.07) is 5.42. The molecule has 0 heterocycles. The van der Waals surface area contributed by atoms with Gasteiger partial charge in [0, 0.05) is 24.4 Å². The Morgan fingerprint density at radius 3 is 2.76 bits per heavy atom. The van der Waals surface area contributed by atoms with Crippen LogP contribution in [0, 0.1) is 6.92 Å². The third kappa shape index (κ3) is 4.19. The molecule has 0 aromatic heterocycles. The number of anilines is 1. The highest BCUT2D eigenvalue weighted by Crippen LogP contribution is 2.18. The van der Waals surface area contributed by atoms with Gasteiger partial charge in [-0.1, -0.05) is 6.07 Å². The Labute approximate surface area is 104 Å². The van der Waals surface area contributed by atoms with E-state index in [-0.39, 0.29) is 12.3 Å². The lowest BCUT2D eigenvalue weighted by Crippen LogP contribution is -2.24. The number of carbonyl (C=O) groups excluding carboxylic acids is 1. The predicted molar refractivity (Wildman–Crippen MR) is 70.2 cm³/mol. The van der Waals surface area contributed by atoms with Crippen molar-refractivity contribution in [3.05, 3.63) is 23.8 Å². The minimum Gasteiger partial charge on any atom is -0.398 e. The SMILES string of the molecule is CCNC(=O)CCS(=O)c1ccc(C)cc1N. The van der Waals surface area contributed by atoms with Crippen LogP contribution in [0.15, 0.2) is 23.1 Å². The van der Waals surface area contributed by atoms with Crippen molar-refractivity contribution < 1.29 is 9.00 Å². The van der Waals surface area contributed by atoms with Gasteiger partial charge in [0.25, 0.3) is 0 Å². The molecule has 0 aliphatic heterocycles. The highest BCUT2D eigenvalue weighted by molar-refractivity contribution is 7.85. The fourth-order valence-corrected chi connectivity index (χ4v) is 2.59. The summed E-state index contributed by atoms with van der Waals surface area (Å²) in [6.45, 7) is 4.38. The molecule has 0 aliphatic carbocycles. The Bertz CT molecular complexity index is 433. The van der Waals surface area contributed by atoms with Gasteiger partial charge in [-0.2, -0.15) is 0 Å². The molecule has 17 heavy (non-hydrogen) atoms. The van der Waals surface area contributed by atoms with E-state index in [9.17, 15) is 9.00 Å². The number of aryl methyl sites for hydroxylation is 1. The zero-order valence-electron chi connectivity index (χ0n) is 10.2. The van der Waals surface area contributed by atoms with E-state index < -0.39 is 10.8 Å². The van der Waals surface area contributed by atoms with Crippen LogP contribution in [0.1, 0.15) is 18.9 Å². The maximum Gasteiger partial charge on any atom is 0.220 e. The van der Waals surface area contributed by atoms with Gasteiger partial charge in [0.15, 0.2) is 0 Å². The Balaban J connectivity index is 2.61. The van der Waals surface area contributed by atoms with Gasteiger partial charge >= 0.3 is 0 Å². The molecule has 0 saturated heterocycles. The molecule has 1 rings (SSSR count). The smallest absolute Gasteiger partial charge is 0.220 e. The Kier molecular flexibility index (Phi) is 5.15. The molecule has 5 heteroatoms. The van der Waals surface area contributed by atoms with Gasteiger partial charge < -0.3 is 11.1 Å². The van der Waals surface area contributed by atoms with Gasteiger partial charge in [-0.3, -0.25) is 9.00 Å². The summed E-state index contributed by atoms with van der Waals surface area (Å²) < 4.78 is 11.9. The highest BCUT2D eigenvalue weighted by Gasteiger charge is 2.10. The van der Waals surface area contributed by atoms with Gasteiger partial charge in [0.05, 0.1) is 15.7 Å². The van der Waals surface area contributed by atoms with E-state index in [2.05, 4.69) is 5.32 Å². The number of carbonyl (C=O) groups is 1. The van der Waals surface area contributed by atoms with Gasteiger partial charge in [0.1, 0.15) is 0 Å². The van der Waals surface area contributed by atoms with Crippen LogP contribution < -0.4 is 11.1 Å². The molecular formula is C12H18N2O2S. The lowest BCUT2D eigenvalue weighted by molar-refractivity contribution is -0.120. The Morgan fingerprint density at radius 2 is 2.18 bits per heavy atom. The predicted octanol–water partition coefficient (Wildman–Crippen LogP) is 1.21. The number of benzene rings is 1. The van der Waals surface area contributed by atoms with Crippen LogP contribution in [0.3, 0.4) is 0 Å². The van der Waals surface area contributed by atoms with Gasteiger partial charge in [-0.05, 0) is 31.5 Å². The second kappa shape index (κ2) is 6.39. The number of amides is 1. The quantitative estimate of drug-likeness (QED) is 0.776. The summed E-state index contributed by atoms with van der Waals surface area (Å²) in [5, 5.41) is 2.67. The molecule has 1 unspecified atom stereocenters. The van der Waals surface area contributed by atoms with Crippen molar-refractivity contribution in [1.29, 1.82) is 0 Å². The summed E-state index contributed by atoms with van der Waals surface area (Å²) in [5.41, 5.74) is 7.36. The summed E-state index contributed by atoms with van der Waals surface area (Å²) in [7, 11) is -1.21. The van der Waals surface area contributed by atoms with Crippen LogP contribution in [0.2, 0.25) is 0 Å². The molecule has 1 atom stereocenters. The summed E-state index contributed by atoms with van der Waals surface area (Å²) >= 11 is 0. The third-order valence-electron chi connectivity index (χ3n) is 2.30. The largest absolute Gasteiger partial charge is 0.398 e. The van der Waals surface area contributed by atoms with Gasteiger partial charge in [-0.15, -0.1) is 0 Å². The molecule has 0 spiro atoms. The molecule has 0 bridgehead atoms. The second-order valence-electron chi connectivity index (χ2n) is 3.79.